The van der Waals surface area contributed by atoms with Crippen molar-refractivity contribution < 1.29 is 9.59 Å². The summed E-state index contributed by atoms with van der Waals surface area (Å²) in [7, 11) is 0. The van der Waals surface area contributed by atoms with Crippen molar-refractivity contribution in [2.24, 2.45) is 11.8 Å². The molecular weight excluding hydrogens is 236 g/mol. The van der Waals surface area contributed by atoms with E-state index in [0.29, 0.717) is 35.8 Å². The van der Waals surface area contributed by atoms with Gasteiger partial charge in [-0.25, -0.2) is 0 Å². The van der Waals surface area contributed by atoms with Gasteiger partial charge in [0, 0.05) is 11.1 Å². The summed E-state index contributed by atoms with van der Waals surface area (Å²) in [5.74, 6) is 0.774. The Morgan fingerprint density at radius 2 is 1.26 bits per heavy atom. The third kappa shape index (κ3) is 3.78. The molecule has 1 aliphatic carbocycles. The van der Waals surface area contributed by atoms with E-state index in [4.69, 9.17) is 0 Å². The van der Waals surface area contributed by atoms with Crippen molar-refractivity contribution in [3.05, 3.63) is 29.0 Å². The molecule has 104 valence electrons. The molecule has 0 atom stereocenters. The van der Waals surface area contributed by atoms with Crippen LogP contribution in [0.15, 0.2) is 29.0 Å². The van der Waals surface area contributed by atoms with E-state index in [0.717, 1.165) is 12.8 Å². The first-order valence-corrected chi connectivity index (χ1v) is 7.09. The van der Waals surface area contributed by atoms with Crippen molar-refractivity contribution in [2.75, 3.05) is 0 Å². The number of hydrogen-bond donors (Lipinski definition) is 0. The minimum Gasteiger partial charge on any atom is -0.288 e. The zero-order valence-electron chi connectivity index (χ0n) is 12.5. The highest BCUT2D eigenvalue weighted by molar-refractivity contribution is 6.37. The van der Waals surface area contributed by atoms with Crippen LogP contribution in [0.25, 0.3) is 0 Å². The highest BCUT2D eigenvalue weighted by Gasteiger charge is 2.34. The molecule has 0 saturated carbocycles. The van der Waals surface area contributed by atoms with Crippen LogP contribution in [-0.2, 0) is 9.59 Å². The Morgan fingerprint density at radius 3 is 1.53 bits per heavy atom. The van der Waals surface area contributed by atoms with Gasteiger partial charge in [-0.15, -0.1) is 5.73 Å². The van der Waals surface area contributed by atoms with E-state index in [2.05, 4.69) is 40.0 Å². The molecule has 0 fully saturated rings. The monoisotopic (exact) mass is 260 g/mol. The minimum absolute atomic E-state index is 0.139. The standard InChI is InChI=1S/C17H24O2/c1-6-13-16(18)14(9-7-11(2)3)15(17(13)19)10-8-12(4)5/h11-12H,1,7-10H2,2-5H3. The number of allylic oxidation sites excluding steroid dienone is 3. The van der Waals surface area contributed by atoms with E-state index in [-0.39, 0.29) is 17.1 Å². The average Bonchev–Trinajstić information content (AvgIpc) is 2.55. The Kier molecular flexibility index (Phi) is 5.50. The van der Waals surface area contributed by atoms with Crippen molar-refractivity contribution in [3.63, 3.8) is 0 Å². The number of rotatable bonds is 6. The molecule has 0 aliphatic heterocycles. The summed E-state index contributed by atoms with van der Waals surface area (Å²) in [6, 6.07) is 0. The SMILES string of the molecule is C=C=C1C(=O)C(CCC(C)C)=C(CCC(C)C)C1=O. The van der Waals surface area contributed by atoms with E-state index < -0.39 is 0 Å². The fourth-order valence-electron chi connectivity index (χ4n) is 2.23. The van der Waals surface area contributed by atoms with Gasteiger partial charge in [-0.1, -0.05) is 34.3 Å². The third-order valence-electron chi connectivity index (χ3n) is 3.49. The zero-order chi connectivity index (χ0) is 14.6. The molecule has 0 spiro atoms. The summed E-state index contributed by atoms with van der Waals surface area (Å²) in [5.41, 5.74) is 4.10. The first kappa shape index (κ1) is 15.7. The van der Waals surface area contributed by atoms with Gasteiger partial charge in [0.25, 0.3) is 0 Å². The van der Waals surface area contributed by atoms with E-state index in [1.807, 2.05) is 0 Å². The molecule has 0 N–H and O–H groups in total. The number of carbonyl (C=O) groups is 2. The molecule has 0 unspecified atom stereocenters. The van der Waals surface area contributed by atoms with Crippen LogP contribution in [0.1, 0.15) is 53.4 Å². The van der Waals surface area contributed by atoms with E-state index in [1.54, 1.807) is 0 Å². The second kappa shape index (κ2) is 6.68. The minimum atomic E-state index is -0.139. The number of hydrogen-bond acceptors (Lipinski definition) is 2. The Labute approximate surface area is 116 Å². The van der Waals surface area contributed by atoms with E-state index in [9.17, 15) is 9.59 Å². The van der Waals surface area contributed by atoms with Crippen molar-refractivity contribution in [1.29, 1.82) is 0 Å². The lowest BCUT2D eigenvalue weighted by atomic mass is 9.95. The maximum Gasteiger partial charge on any atom is 0.201 e. The van der Waals surface area contributed by atoms with Crippen LogP contribution >= 0.6 is 0 Å². The second-order valence-corrected chi connectivity index (χ2v) is 6.03. The van der Waals surface area contributed by atoms with Gasteiger partial charge in [0.1, 0.15) is 5.57 Å². The Balaban J connectivity index is 3.00. The third-order valence-corrected chi connectivity index (χ3v) is 3.49. The predicted octanol–water partition coefficient (Wildman–Crippen LogP) is 4.02. The summed E-state index contributed by atoms with van der Waals surface area (Å²) >= 11 is 0. The molecule has 0 aromatic heterocycles. The van der Waals surface area contributed by atoms with Crippen molar-refractivity contribution in [3.8, 4) is 0 Å². The number of carbonyl (C=O) groups excluding carboxylic acids is 2. The largest absolute Gasteiger partial charge is 0.288 e. The molecule has 0 heterocycles. The first-order chi connectivity index (χ1) is 8.88. The topological polar surface area (TPSA) is 34.1 Å². The van der Waals surface area contributed by atoms with Gasteiger partial charge >= 0.3 is 0 Å². The summed E-state index contributed by atoms with van der Waals surface area (Å²) in [4.78, 5) is 24.4. The highest BCUT2D eigenvalue weighted by Crippen LogP contribution is 2.31. The van der Waals surface area contributed by atoms with E-state index in [1.165, 1.54) is 0 Å². The molecule has 0 amide bonds. The normalized spacial score (nSPS) is 16.0. The maximum atomic E-state index is 12.2. The first-order valence-electron chi connectivity index (χ1n) is 7.09. The van der Waals surface area contributed by atoms with Crippen LogP contribution in [0.5, 0.6) is 0 Å². The van der Waals surface area contributed by atoms with Crippen LogP contribution in [-0.4, -0.2) is 11.6 Å². The van der Waals surface area contributed by atoms with Crippen LogP contribution in [0.3, 0.4) is 0 Å². The highest BCUT2D eigenvalue weighted by atomic mass is 16.2. The van der Waals surface area contributed by atoms with Crippen molar-refractivity contribution >= 4 is 11.6 Å². The lowest BCUT2D eigenvalue weighted by molar-refractivity contribution is -0.116. The summed E-state index contributed by atoms with van der Waals surface area (Å²) in [5, 5.41) is 0. The molecular formula is C17H24O2. The van der Waals surface area contributed by atoms with Crippen LogP contribution in [0.2, 0.25) is 0 Å². The maximum absolute atomic E-state index is 12.2. The molecule has 0 bridgehead atoms. The van der Waals surface area contributed by atoms with Crippen LogP contribution < -0.4 is 0 Å². The van der Waals surface area contributed by atoms with Gasteiger partial charge in [0.2, 0.25) is 11.6 Å². The Hall–Kier alpha value is -1.40. The smallest absolute Gasteiger partial charge is 0.201 e. The summed E-state index contributed by atoms with van der Waals surface area (Å²) in [6.45, 7) is 12.0. The average molecular weight is 260 g/mol. The van der Waals surface area contributed by atoms with Crippen LogP contribution in [0, 0.1) is 11.8 Å². The molecule has 0 aromatic carbocycles. The van der Waals surface area contributed by atoms with Crippen molar-refractivity contribution in [2.45, 2.75) is 53.4 Å². The quantitative estimate of drug-likeness (QED) is 0.410. The Morgan fingerprint density at radius 1 is 0.895 bits per heavy atom. The molecule has 1 aliphatic rings. The van der Waals surface area contributed by atoms with Gasteiger partial charge in [0.05, 0.1) is 0 Å². The zero-order valence-corrected chi connectivity index (χ0v) is 12.5. The van der Waals surface area contributed by atoms with Gasteiger partial charge in [-0.05, 0) is 37.5 Å². The molecule has 19 heavy (non-hydrogen) atoms. The van der Waals surface area contributed by atoms with Gasteiger partial charge in [-0.2, -0.15) is 0 Å². The fourth-order valence-corrected chi connectivity index (χ4v) is 2.23. The number of ketones is 2. The van der Waals surface area contributed by atoms with Gasteiger partial charge in [0.15, 0.2) is 0 Å². The predicted molar refractivity (Wildman–Crippen MR) is 77.8 cm³/mol. The lowest BCUT2D eigenvalue weighted by Crippen LogP contribution is -2.03. The van der Waals surface area contributed by atoms with Crippen molar-refractivity contribution in [1.82, 2.24) is 0 Å². The molecule has 2 nitrogen and oxygen atoms in total. The lowest BCUT2D eigenvalue weighted by Gasteiger charge is -2.08. The molecule has 2 heteroatoms. The molecule has 0 radical (unpaired) electrons. The summed E-state index contributed by atoms with van der Waals surface area (Å²) < 4.78 is 0. The van der Waals surface area contributed by atoms with Gasteiger partial charge < -0.3 is 0 Å². The Bertz CT molecular complexity index is 422. The van der Waals surface area contributed by atoms with E-state index >= 15 is 0 Å². The van der Waals surface area contributed by atoms with Gasteiger partial charge in [-0.3, -0.25) is 9.59 Å². The molecule has 0 aromatic rings. The number of Topliss-reactive ketones (excluding diaryl/α,β-unsaturated/α-hetero) is 2. The van der Waals surface area contributed by atoms with Crippen LogP contribution in [0.4, 0.5) is 0 Å². The summed E-state index contributed by atoms with van der Waals surface area (Å²) in [6.07, 6.45) is 3.26. The second-order valence-electron chi connectivity index (χ2n) is 6.03. The molecule has 0 saturated heterocycles. The fraction of sp³-hybridized carbons (Fsp3) is 0.588. The molecule has 1 rings (SSSR count).